The summed E-state index contributed by atoms with van der Waals surface area (Å²) in [7, 11) is -3.63. The fourth-order valence-corrected chi connectivity index (χ4v) is 2.79. The average Bonchev–Trinajstić information content (AvgIpc) is 2.42. The number of carboxylic acids is 1. The van der Waals surface area contributed by atoms with Crippen LogP contribution in [0.25, 0.3) is 0 Å². The number of carbonyl (C=O) groups is 2. The molecule has 0 saturated carbocycles. The lowest BCUT2D eigenvalue weighted by molar-refractivity contribution is -0.145. The number of amides is 1. The minimum Gasteiger partial charge on any atom is -0.478 e. The number of aliphatic carboxylic acids is 1. The third-order valence-corrected chi connectivity index (χ3v) is 3.70. The number of halogens is 1. The Balaban J connectivity index is 2.71. The summed E-state index contributed by atoms with van der Waals surface area (Å²) >= 11 is 0. The van der Waals surface area contributed by atoms with Crippen LogP contribution in [0.4, 0.5) is 4.39 Å². The Morgan fingerprint density at radius 1 is 1.29 bits per heavy atom. The molecule has 0 heterocycles. The van der Waals surface area contributed by atoms with Crippen LogP contribution < -0.4 is 14.8 Å². The fraction of sp³-hybridized carbons (Fsp3) is 0.429. The molecule has 8 nitrogen and oxygen atoms in total. The van der Waals surface area contributed by atoms with Crippen LogP contribution in [-0.2, 0) is 19.6 Å². The van der Waals surface area contributed by atoms with E-state index in [1.807, 2.05) is 0 Å². The van der Waals surface area contributed by atoms with E-state index in [1.54, 1.807) is 0 Å². The van der Waals surface area contributed by atoms with E-state index in [9.17, 15) is 22.4 Å². The second kappa shape index (κ2) is 7.58. The van der Waals surface area contributed by atoms with Crippen molar-refractivity contribution < 1.29 is 32.2 Å². The molecule has 0 fully saturated rings. The Labute approximate surface area is 139 Å². The number of hydrogen-bond donors (Lipinski definition) is 3. The number of benzene rings is 1. The molecule has 0 saturated heterocycles. The highest BCUT2D eigenvalue weighted by atomic mass is 32.2. The van der Waals surface area contributed by atoms with E-state index in [1.165, 1.54) is 26.0 Å². The Morgan fingerprint density at radius 3 is 2.29 bits per heavy atom. The van der Waals surface area contributed by atoms with E-state index in [4.69, 9.17) is 9.84 Å². The number of hydrogen-bond acceptors (Lipinski definition) is 5. The van der Waals surface area contributed by atoms with Crippen molar-refractivity contribution >= 4 is 21.9 Å². The van der Waals surface area contributed by atoms with Gasteiger partial charge in [-0.25, -0.2) is 22.3 Å². The maximum Gasteiger partial charge on any atom is 0.346 e. The van der Waals surface area contributed by atoms with Gasteiger partial charge >= 0.3 is 5.97 Å². The van der Waals surface area contributed by atoms with Crippen molar-refractivity contribution in [1.29, 1.82) is 0 Å². The largest absolute Gasteiger partial charge is 0.478 e. The molecule has 0 aliphatic carbocycles. The van der Waals surface area contributed by atoms with Crippen molar-refractivity contribution in [2.75, 3.05) is 12.8 Å². The van der Waals surface area contributed by atoms with Crippen LogP contribution in [0.5, 0.6) is 5.75 Å². The standard InChI is InChI=1S/C14H19FN2O6S/c1-14(2,17-24(3,21)22)13(20)16-8-11(12(18)19)23-10-6-4-9(15)5-7-10/h4-7,11,17H,8H2,1-3H3,(H,16,20)(H,18,19). The van der Waals surface area contributed by atoms with Gasteiger partial charge in [0.05, 0.1) is 12.8 Å². The van der Waals surface area contributed by atoms with Gasteiger partial charge in [-0.05, 0) is 38.1 Å². The molecule has 0 spiro atoms. The van der Waals surface area contributed by atoms with Crippen LogP contribution in [0.3, 0.4) is 0 Å². The lowest BCUT2D eigenvalue weighted by atomic mass is 10.1. The molecule has 10 heteroatoms. The predicted molar refractivity (Wildman–Crippen MR) is 83.5 cm³/mol. The van der Waals surface area contributed by atoms with E-state index in [0.29, 0.717) is 0 Å². The monoisotopic (exact) mass is 362 g/mol. The summed E-state index contributed by atoms with van der Waals surface area (Å²) in [5, 5.41) is 11.4. The molecular formula is C14H19FN2O6S. The van der Waals surface area contributed by atoms with Crippen LogP contribution in [0.15, 0.2) is 24.3 Å². The summed E-state index contributed by atoms with van der Waals surface area (Å²) in [4.78, 5) is 23.2. The molecule has 1 atom stereocenters. The molecule has 3 N–H and O–H groups in total. The summed E-state index contributed by atoms with van der Waals surface area (Å²) in [6.07, 6.45) is -0.520. The van der Waals surface area contributed by atoms with Crippen molar-refractivity contribution in [2.24, 2.45) is 0 Å². The quantitative estimate of drug-likeness (QED) is 0.603. The van der Waals surface area contributed by atoms with Crippen LogP contribution in [0.2, 0.25) is 0 Å². The fourth-order valence-electron chi connectivity index (χ4n) is 1.77. The highest BCUT2D eigenvalue weighted by Crippen LogP contribution is 2.13. The molecule has 1 rings (SSSR count). The minimum absolute atomic E-state index is 0.117. The van der Waals surface area contributed by atoms with Crippen molar-refractivity contribution in [3.63, 3.8) is 0 Å². The third-order valence-electron chi connectivity index (χ3n) is 2.82. The molecule has 134 valence electrons. The Bertz CT molecular complexity index is 702. The number of sulfonamides is 1. The van der Waals surface area contributed by atoms with Crippen LogP contribution >= 0.6 is 0 Å². The molecule has 1 unspecified atom stereocenters. The highest BCUT2D eigenvalue weighted by molar-refractivity contribution is 7.88. The van der Waals surface area contributed by atoms with Gasteiger partial charge in [-0.2, -0.15) is 0 Å². The van der Waals surface area contributed by atoms with E-state index in [2.05, 4.69) is 10.0 Å². The van der Waals surface area contributed by atoms with Gasteiger partial charge in [0, 0.05) is 0 Å². The Morgan fingerprint density at radius 2 is 1.83 bits per heavy atom. The topological polar surface area (TPSA) is 122 Å². The first-order valence-corrected chi connectivity index (χ1v) is 8.72. The Hall–Kier alpha value is -2.20. The van der Waals surface area contributed by atoms with Crippen LogP contribution in [-0.4, -0.2) is 49.8 Å². The van der Waals surface area contributed by atoms with Crippen molar-refractivity contribution in [1.82, 2.24) is 10.0 Å². The normalized spacial score (nSPS) is 13.2. The van der Waals surface area contributed by atoms with Crippen molar-refractivity contribution in [3.8, 4) is 5.75 Å². The molecule has 0 radical (unpaired) electrons. The van der Waals surface area contributed by atoms with Gasteiger partial charge in [-0.3, -0.25) is 4.79 Å². The molecule has 1 aromatic rings. The number of nitrogens with one attached hydrogen (secondary N) is 2. The van der Waals surface area contributed by atoms with Gasteiger partial charge in [0.2, 0.25) is 22.0 Å². The van der Waals surface area contributed by atoms with Crippen molar-refractivity contribution in [3.05, 3.63) is 30.1 Å². The zero-order chi connectivity index (χ0) is 18.5. The molecule has 0 aromatic heterocycles. The lowest BCUT2D eigenvalue weighted by Gasteiger charge is -2.25. The van der Waals surface area contributed by atoms with Gasteiger partial charge in [0.25, 0.3) is 0 Å². The van der Waals surface area contributed by atoms with Gasteiger partial charge in [-0.1, -0.05) is 0 Å². The molecular weight excluding hydrogens is 343 g/mol. The summed E-state index contributed by atoms with van der Waals surface area (Å²) in [6, 6.07) is 4.71. The van der Waals surface area contributed by atoms with Crippen LogP contribution in [0, 0.1) is 5.82 Å². The minimum atomic E-state index is -3.63. The number of carbonyl (C=O) groups excluding carboxylic acids is 1. The molecule has 0 aliphatic rings. The molecule has 1 amide bonds. The zero-order valence-electron chi connectivity index (χ0n) is 13.4. The molecule has 0 aliphatic heterocycles. The van der Waals surface area contributed by atoms with Gasteiger partial charge in [0.15, 0.2) is 0 Å². The first-order chi connectivity index (χ1) is 10.9. The van der Waals surface area contributed by atoms with Gasteiger partial charge in [-0.15, -0.1) is 0 Å². The third kappa shape index (κ3) is 6.50. The first kappa shape index (κ1) is 19.8. The van der Waals surface area contributed by atoms with Crippen LogP contribution in [0.1, 0.15) is 13.8 Å². The smallest absolute Gasteiger partial charge is 0.346 e. The second-order valence-electron chi connectivity index (χ2n) is 5.61. The number of ether oxygens (including phenoxy) is 1. The zero-order valence-corrected chi connectivity index (χ0v) is 14.2. The van der Waals surface area contributed by atoms with E-state index >= 15 is 0 Å². The number of rotatable bonds is 8. The lowest BCUT2D eigenvalue weighted by Crippen LogP contribution is -2.56. The molecule has 1 aromatic carbocycles. The SMILES string of the molecule is CC(C)(NS(C)(=O)=O)C(=O)NCC(Oc1ccc(F)cc1)C(=O)O. The second-order valence-corrected chi connectivity index (χ2v) is 7.36. The Kier molecular flexibility index (Phi) is 6.27. The predicted octanol–water partition coefficient (Wildman–Crippen LogP) is 0.102. The molecule has 0 bridgehead atoms. The maximum atomic E-state index is 12.8. The van der Waals surface area contributed by atoms with E-state index in [0.717, 1.165) is 18.4 Å². The van der Waals surface area contributed by atoms with Gasteiger partial charge in [0.1, 0.15) is 17.1 Å². The summed E-state index contributed by atoms with van der Waals surface area (Å²) in [5.74, 6) is -2.45. The van der Waals surface area contributed by atoms with E-state index < -0.39 is 45.9 Å². The van der Waals surface area contributed by atoms with Crippen molar-refractivity contribution in [2.45, 2.75) is 25.5 Å². The summed E-state index contributed by atoms with van der Waals surface area (Å²) in [6.45, 7) is 2.26. The summed E-state index contributed by atoms with van der Waals surface area (Å²) < 4.78 is 42.6. The average molecular weight is 362 g/mol. The first-order valence-electron chi connectivity index (χ1n) is 6.83. The maximum absolute atomic E-state index is 12.8. The number of carboxylic acid groups (broad SMARTS) is 1. The van der Waals surface area contributed by atoms with E-state index in [-0.39, 0.29) is 5.75 Å². The van der Waals surface area contributed by atoms with Gasteiger partial charge < -0.3 is 15.2 Å². The highest BCUT2D eigenvalue weighted by Gasteiger charge is 2.32. The summed E-state index contributed by atoms with van der Waals surface area (Å²) in [5.41, 5.74) is -1.47. The molecule has 24 heavy (non-hydrogen) atoms.